The number of hydrogen-bond acceptors (Lipinski definition) is 2. The Morgan fingerprint density at radius 2 is 1.33 bits per heavy atom. The molecule has 0 fully saturated rings. The lowest BCUT2D eigenvalue weighted by Gasteiger charge is -1.62. The first-order chi connectivity index (χ1) is 4.15. The van der Waals surface area contributed by atoms with Crippen molar-refractivity contribution in [1.82, 2.24) is 0 Å². The van der Waals surface area contributed by atoms with E-state index in [1.165, 1.54) is 0 Å². The van der Waals surface area contributed by atoms with Crippen LogP contribution < -0.4 is 11.5 Å². The van der Waals surface area contributed by atoms with Gasteiger partial charge in [-0.15, -0.1) is 12.8 Å². The molecule has 0 unspecified atom stereocenters. The first kappa shape index (κ1) is 15.7. The van der Waals surface area contributed by atoms with Crippen molar-refractivity contribution in [1.29, 1.82) is 0 Å². The molecular formula is C5H12N2O2. The molecule has 2 amide bonds. The van der Waals surface area contributed by atoms with E-state index in [0.29, 0.717) is 0 Å². The van der Waals surface area contributed by atoms with E-state index in [9.17, 15) is 0 Å². The van der Waals surface area contributed by atoms with Crippen LogP contribution in [0.5, 0.6) is 0 Å². The summed E-state index contributed by atoms with van der Waals surface area (Å²) >= 11 is 0. The number of nitrogens with two attached hydrogens (primary N) is 2. The fraction of sp³-hybridized carbons (Fsp3) is 0.400. The fourth-order valence-corrected chi connectivity index (χ4v) is 0. The van der Waals surface area contributed by atoms with E-state index in [2.05, 4.69) is 29.1 Å². The molecule has 0 aliphatic rings. The number of urea groups is 1. The number of carbonyl (C=O) groups is 1. The topological polar surface area (TPSA) is 78.3 Å². The summed E-state index contributed by atoms with van der Waals surface area (Å²) in [4.78, 5) is 9.00. The second-order valence-corrected chi connectivity index (χ2v) is 0.811. The van der Waals surface area contributed by atoms with Crippen LogP contribution in [0.2, 0.25) is 0 Å². The standard InChI is InChI=1S/C2H6O.C2H2.CH4N2O/c1-3-2;1-2;2-1(3)4/h1-2H3;1-2H;(H4,2,3,4). The molecule has 0 radical (unpaired) electrons. The van der Waals surface area contributed by atoms with Gasteiger partial charge < -0.3 is 16.2 Å². The van der Waals surface area contributed by atoms with Gasteiger partial charge in [-0.2, -0.15) is 0 Å². The predicted octanol–water partition coefficient (Wildman–Crippen LogP) is -0.464. The van der Waals surface area contributed by atoms with E-state index in [1.54, 1.807) is 14.2 Å². The summed E-state index contributed by atoms with van der Waals surface area (Å²) < 4.78 is 4.25. The maximum absolute atomic E-state index is 9.00. The first-order valence-corrected chi connectivity index (χ1v) is 1.93. The number of hydrogen-bond donors (Lipinski definition) is 2. The average Bonchev–Trinajstić information content (AvgIpc) is 1.71. The van der Waals surface area contributed by atoms with Gasteiger partial charge in [-0.25, -0.2) is 4.79 Å². The van der Waals surface area contributed by atoms with Crippen molar-refractivity contribution in [2.45, 2.75) is 0 Å². The summed E-state index contributed by atoms with van der Waals surface area (Å²) in [5, 5.41) is 0. The predicted molar refractivity (Wildman–Crippen MR) is 36.6 cm³/mol. The van der Waals surface area contributed by atoms with Crippen LogP contribution in [0.3, 0.4) is 0 Å². The Morgan fingerprint density at radius 1 is 1.33 bits per heavy atom. The second-order valence-electron chi connectivity index (χ2n) is 0.811. The molecule has 0 aromatic carbocycles. The minimum absolute atomic E-state index is 0.833. The van der Waals surface area contributed by atoms with E-state index in [0.717, 1.165) is 0 Å². The summed E-state index contributed by atoms with van der Waals surface area (Å²) in [6, 6.07) is -0.833. The zero-order chi connectivity index (χ0) is 8.28. The summed E-state index contributed by atoms with van der Waals surface area (Å²) in [5.41, 5.74) is 8.50. The first-order valence-electron chi connectivity index (χ1n) is 1.93. The molecule has 0 rings (SSSR count). The number of carbonyl (C=O) groups excluding carboxylic acids is 1. The van der Waals surface area contributed by atoms with Gasteiger partial charge in [0.25, 0.3) is 0 Å². The highest BCUT2D eigenvalue weighted by Crippen LogP contribution is 1.28. The number of ether oxygens (including phenoxy) is 1. The van der Waals surface area contributed by atoms with Gasteiger partial charge in [0.1, 0.15) is 0 Å². The van der Waals surface area contributed by atoms with E-state index >= 15 is 0 Å². The van der Waals surface area contributed by atoms with Gasteiger partial charge in [0.2, 0.25) is 0 Å². The number of amides is 2. The lowest BCUT2D eigenvalue weighted by Crippen LogP contribution is -2.18. The molecule has 4 nitrogen and oxygen atoms in total. The Kier molecular flexibility index (Phi) is 50.9. The Hall–Kier alpha value is -1.21. The Balaban J connectivity index is -0.0000000646. The Morgan fingerprint density at radius 3 is 1.33 bits per heavy atom. The largest absolute Gasteiger partial charge is 0.388 e. The van der Waals surface area contributed by atoms with Crippen LogP contribution in [-0.2, 0) is 4.74 Å². The van der Waals surface area contributed by atoms with E-state index in [1.807, 2.05) is 0 Å². The quantitative estimate of drug-likeness (QED) is 0.437. The zero-order valence-corrected chi connectivity index (χ0v) is 5.63. The molecule has 4 N–H and O–H groups in total. The molecule has 0 spiro atoms. The summed E-state index contributed by atoms with van der Waals surface area (Å²) in [5.74, 6) is 0. The van der Waals surface area contributed by atoms with Crippen LogP contribution in [0, 0.1) is 12.8 Å². The van der Waals surface area contributed by atoms with Crippen LogP contribution in [0.15, 0.2) is 0 Å². The minimum atomic E-state index is -0.833. The molecule has 0 heterocycles. The van der Waals surface area contributed by atoms with E-state index < -0.39 is 6.03 Å². The third-order valence-electron chi connectivity index (χ3n) is 0. The van der Waals surface area contributed by atoms with Crippen LogP contribution in [-0.4, -0.2) is 20.3 Å². The molecule has 0 saturated heterocycles. The Labute approximate surface area is 55.2 Å². The van der Waals surface area contributed by atoms with Crippen molar-refractivity contribution in [3.63, 3.8) is 0 Å². The molecule has 0 bridgehead atoms. The van der Waals surface area contributed by atoms with E-state index in [-0.39, 0.29) is 0 Å². The van der Waals surface area contributed by atoms with Crippen LogP contribution in [0.4, 0.5) is 4.79 Å². The van der Waals surface area contributed by atoms with Crippen molar-refractivity contribution in [2.75, 3.05) is 14.2 Å². The molecule has 9 heavy (non-hydrogen) atoms. The molecule has 0 saturated carbocycles. The number of methoxy groups -OCH3 is 1. The third-order valence-corrected chi connectivity index (χ3v) is 0. The fourth-order valence-electron chi connectivity index (χ4n) is 0. The smallest absolute Gasteiger partial charge is 0.309 e. The van der Waals surface area contributed by atoms with Gasteiger partial charge >= 0.3 is 6.03 Å². The van der Waals surface area contributed by atoms with Gasteiger partial charge in [-0.3, -0.25) is 0 Å². The Bertz CT molecular complexity index is 66.6. The molecule has 0 aromatic heterocycles. The highest BCUT2D eigenvalue weighted by Gasteiger charge is 1.60. The van der Waals surface area contributed by atoms with Gasteiger partial charge in [0, 0.05) is 14.2 Å². The van der Waals surface area contributed by atoms with Crippen LogP contribution >= 0.6 is 0 Å². The van der Waals surface area contributed by atoms with Gasteiger partial charge in [0.15, 0.2) is 0 Å². The monoisotopic (exact) mass is 132 g/mol. The minimum Gasteiger partial charge on any atom is -0.388 e. The van der Waals surface area contributed by atoms with Gasteiger partial charge in [0.05, 0.1) is 0 Å². The number of terminal acetylenes is 1. The third kappa shape index (κ3) is 106. The van der Waals surface area contributed by atoms with E-state index in [4.69, 9.17) is 4.79 Å². The van der Waals surface area contributed by atoms with Crippen molar-refractivity contribution in [3.8, 4) is 12.8 Å². The normalized spacial score (nSPS) is 4.89. The van der Waals surface area contributed by atoms with Crippen molar-refractivity contribution in [2.24, 2.45) is 11.5 Å². The summed E-state index contributed by atoms with van der Waals surface area (Å²) in [7, 11) is 3.25. The second kappa shape index (κ2) is 29.2. The van der Waals surface area contributed by atoms with Crippen LogP contribution in [0.25, 0.3) is 0 Å². The van der Waals surface area contributed by atoms with Crippen molar-refractivity contribution < 1.29 is 9.53 Å². The molecule has 4 heteroatoms. The lowest BCUT2D eigenvalue weighted by molar-refractivity contribution is 0.256. The lowest BCUT2D eigenvalue weighted by atomic mass is 11.2. The average molecular weight is 132 g/mol. The highest BCUT2D eigenvalue weighted by atomic mass is 16.4. The summed E-state index contributed by atoms with van der Waals surface area (Å²) in [6.07, 6.45) is 8.00. The zero-order valence-electron chi connectivity index (χ0n) is 5.63. The molecule has 54 valence electrons. The number of rotatable bonds is 0. The molecule has 0 atom stereocenters. The maximum atomic E-state index is 9.00. The molecule has 0 aliphatic carbocycles. The van der Waals surface area contributed by atoms with Gasteiger partial charge in [-0.1, -0.05) is 0 Å². The molecule has 0 aliphatic heterocycles. The SMILES string of the molecule is C#C.COC.NC(N)=O. The number of primary amides is 2. The van der Waals surface area contributed by atoms with Crippen molar-refractivity contribution in [3.05, 3.63) is 0 Å². The van der Waals surface area contributed by atoms with Crippen LogP contribution in [0.1, 0.15) is 0 Å². The van der Waals surface area contributed by atoms with Crippen molar-refractivity contribution >= 4 is 6.03 Å². The summed E-state index contributed by atoms with van der Waals surface area (Å²) in [6.45, 7) is 0. The highest BCUT2D eigenvalue weighted by molar-refractivity contribution is 5.69. The molecule has 0 aromatic rings. The molecular weight excluding hydrogens is 120 g/mol. The van der Waals surface area contributed by atoms with Gasteiger partial charge in [-0.05, 0) is 0 Å². The maximum Gasteiger partial charge on any atom is 0.309 e.